The Bertz CT molecular complexity index is 1170. The van der Waals surface area contributed by atoms with Crippen LogP contribution >= 0.6 is 0 Å². The third-order valence-electron chi connectivity index (χ3n) is 11.9. The summed E-state index contributed by atoms with van der Waals surface area (Å²) >= 11 is 0. The number of ether oxygens (including phenoxy) is 1. The van der Waals surface area contributed by atoms with Crippen LogP contribution in [-0.4, -0.2) is 46.9 Å². The summed E-state index contributed by atoms with van der Waals surface area (Å²) in [6.45, 7) is 6.38. The Hall–Kier alpha value is -2.70. The lowest BCUT2D eigenvalue weighted by Crippen LogP contribution is -2.46. The van der Waals surface area contributed by atoms with E-state index in [1.807, 2.05) is 24.3 Å². The molecule has 0 aromatic rings. The van der Waals surface area contributed by atoms with Crippen LogP contribution in [0.4, 0.5) is 0 Å². The highest BCUT2D eigenvalue weighted by atomic mass is 16.5. The first-order chi connectivity index (χ1) is 31.0. The van der Waals surface area contributed by atoms with E-state index >= 15 is 0 Å². The van der Waals surface area contributed by atoms with Gasteiger partial charge in [-0.25, -0.2) is 0 Å². The lowest BCUT2D eigenvalue weighted by molar-refractivity contribution is -0.151. The SMILES string of the molecule is CCC/C=C/C=C/C=C/C=C/C=C/CCCCCCCC(=O)OC(CCC/C=C\CCCCCCCCC)CC(=O)NC(CO)C(O)CCCCCCCCCCCCCCCC. The van der Waals surface area contributed by atoms with Gasteiger partial charge in [-0.3, -0.25) is 9.59 Å². The first kappa shape index (κ1) is 60.3. The molecule has 3 unspecified atom stereocenters. The van der Waals surface area contributed by atoms with Crippen LogP contribution in [0.15, 0.2) is 72.9 Å². The second kappa shape index (κ2) is 50.3. The Morgan fingerprint density at radius 3 is 1.37 bits per heavy atom. The summed E-state index contributed by atoms with van der Waals surface area (Å²) in [5.41, 5.74) is 0. The third-order valence-corrected chi connectivity index (χ3v) is 11.9. The molecule has 0 saturated heterocycles. The highest BCUT2D eigenvalue weighted by Crippen LogP contribution is 2.17. The molecule has 0 aromatic heterocycles. The van der Waals surface area contributed by atoms with Crippen molar-refractivity contribution in [2.75, 3.05) is 6.61 Å². The Morgan fingerprint density at radius 1 is 0.460 bits per heavy atom. The van der Waals surface area contributed by atoms with Gasteiger partial charge >= 0.3 is 5.97 Å². The van der Waals surface area contributed by atoms with Crippen molar-refractivity contribution in [3.05, 3.63) is 72.9 Å². The number of aliphatic hydroxyl groups excluding tert-OH is 2. The molecule has 6 nitrogen and oxygen atoms in total. The molecule has 6 heteroatoms. The monoisotopic (exact) mass is 880 g/mol. The van der Waals surface area contributed by atoms with E-state index in [2.05, 4.69) is 74.7 Å². The molecule has 0 saturated carbocycles. The van der Waals surface area contributed by atoms with Gasteiger partial charge in [-0.15, -0.1) is 0 Å². The smallest absolute Gasteiger partial charge is 0.306 e. The van der Waals surface area contributed by atoms with E-state index in [1.54, 1.807) is 0 Å². The van der Waals surface area contributed by atoms with Gasteiger partial charge in [0.1, 0.15) is 6.10 Å². The van der Waals surface area contributed by atoms with Gasteiger partial charge in [0.2, 0.25) is 5.91 Å². The number of carbonyl (C=O) groups is 2. The van der Waals surface area contributed by atoms with E-state index in [9.17, 15) is 19.8 Å². The fourth-order valence-corrected chi connectivity index (χ4v) is 7.81. The maximum absolute atomic E-state index is 13.2. The summed E-state index contributed by atoms with van der Waals surface area (Å²) in [7, 11) is 0. The Morgan fingerprint density at radius 2 is 0.873 bits per heavy atom. The number of amides is 1. The molecule has 0 rings (SSSR count). The summed E-state index contributed by atoms with van der Waals surface area (Å²) in [6.07, 6.45) is 63.8. The molecular formula is C57H101NO5. The van der Waals surface area contributed by atoms with Gasteiger partial charge < -0.3 is 20.3 Å². The van der Waals surface area contributed by atoms with Gasteiger partial charge in [-0.1, -0.05) is 248 Å². The van der Waals surface area contributed by atoms with Crippen molar-refractivity contribution in [3.63, 3.8) is 0 Å². The lowest BCUT2D eigenvalue weighted by atomic mass is 10.0. The largest absolute Gasteiger partial charge is 0.462 e. The summed E-state index contributed by atoms with van der Waals surface area (Å²) in [5, 5.41) is 23.8. The number of aliphatic hydroxyl groups is 2. The first-order valence-corrected chi connectivity index (χ1v) is 26.7. The van der Waals surface area contributed by atoms with Crippen LogP contribution in [0.25, 0.3) is 0 Å². The Kier molecular flexibility index (Phi) is 48.1. The molecule has 1 amide bonds. The first-order valence-electron chi connectivity index (χ1n) is 26.7. The maximum Gasteiger partial charge on any atom is 0.306 e. The van der Waals surface area contributed by atoms with Crippen LogP contribution in [-0.2, 0) is 14.3 Å². The fraction of sp³-hybridized carbons (Fsp3) is 0.754. The molecule has 0 aliphatic carbocycles. The number of hydrogen-bond acceptors (Lipinski definition) is 5. The van der Waals surface area contributed by atoms with Crippen LogP contribution in [0.1, 0.15) is 252 Å². The third kappa shape index (κ3) is 45.7. The van der Waals surface area contributed by atoms with Crippen molar-refractivity contribution in [3.8, 4) is 0 Å². The van der Waals surface area contributed by atoms with Gasteiger partial charge in [0.25, 0.3) is 0 Å². The molecule has 3 atom stereocenters. The molecule has 3 N–H and O–H groups in total. The van der Waals surface area contributed by atoms with Gasteiger partial charge in [0.15, 0.2) is 0 Å². The van der Waals surface area contributed by atoms with E-state index in [-0.39, 0.29) is 24.9 Å². The van der Waals surface area contributed by atoms with Crippen LogP contribution in [0, 0.1) is 0 Å². The van der Waals surface area contributed by atoms with Crippen molar-refractivity contribution in [2.24, 2.45) is 0 Å². The maximum atomic E-state index is 13.2. The molecule has 0 fully saturated rings. The number of carbonyl (C=O) groups excluding carboxylic acids is 2. The van der Waals surface area contributed by atoms with Crippen molar-refractivity contribution in [1.29, 1.82) is 0 Å². The van der Waals surface area contributed by atoms with Gasteiger partial charge in [0, 0.05) is 6.42 Å². The second-order valence-electron chi connectivity index (χ2n) is 18.0. The second-order valence-corrected chi connectivity index (χ2v) is 18.0. The number of esters is 1. The lowest BCUT2D eigenvalue weighted by Gasteiger charge is -2.24. The molecule has 0 spiro atoms. The predicted molar refractivity (Wildman–Crippen MR) is 273 cm³/mol. The van der Waals surface area contributed by atoms with Gasteiger partial charge in [0.05, 0.1) is 25.2 Å². The Balaban J connectivity index is 4.62. The topological polar surface area (TPSA) is 95.9 Å². The van der Waals surface area contributed by atoms with Crippen LogP contribution in [0.3, 0.4) is 0 Å². The number of nitrogens with one attached hydrogen (secondary N) is 1. The van der Waals surface area contributed by atoms with E-state index < -0.39 is 18.2 Å². The average Bonchev–Trinajstić information content (AvgIpc) is 3.28. The summed E-state index contributed by atoms with van der Waals surface area (Å²) < 4.78 is 5.91. The molecular weight excluding hydrogens is 779 g/mol. The zero-order valence-corrected chi connectivity index (χ0v) is 41.4. The normalized spacial score (nSPS) is 13.8. The molecule has 0 aliphatic rings. The van der Waals surface area contributed by atoms with Crippen molar-refractivity contribution >= 4 is 11.9 Å². The molecule has 0 aliphatic heterocycles. The quantitative estimate of drug-likeness (QED) is 0.0245. The highest BCUT2D eigenvalue weighted by molar-refractivity contribution is 5.77. The molecule has 0 radical (unpaired) electrons. The fourth-order valence-electron chi connectivity index (χ4n) is 7.81. The van der Waals surface area contributed by atoms with Crippen molar-refractivity contribution in [2.45, 2.75) is 270 Å². The molecule has 0 aromatic carbocycles. The minimum absolute atomic E-state index is 0.0440. The van der Waals surface area contributed by atoms with Crippen LogP contribution in [0.5, 0.6) is 0 Å². The standard InChI is InChI=1S/C57H101NO5/c1-4-7-10-13-16-19-22-25-27-28-29-30-32-35-38-41-44-47-50-57(62)63-53(48-45-42-39-36-33-24-21-18-15-12-9-6-3)51-56(61)58-54(52-59)55(60)49-46-43-40-37-34-31-26-23-20-17-14-11-8-5-2/h10,13,16,19,22,25,27-30,36,39,53-55,59-60H,4-9,11-12,14-15,17-18,20-21,23-24,26,31-35,37-38,40-52H2,1-3H3,(H,58,61)/b13-10+,19-16+,25-22+,28-27+,30-29+,39-36-. The van der Waals surface area contributed by atoms with Crippen LogP contribution in [0.2, 0.25) is 0 Å². The summed E-state index contributed by atoms with van der Waals surface area (Å²) in [5.74, 6) is -0.531. The van der Waals surface area contributed by atoms with E-state index in [0.717, 1.165) is 83.5 Å². The number of rotatable bonds is 47. The molecule has 364 valence electrons. The minimum Gasteiger partial charge on any atom is -0.462 e. The van der Waals surface area contributed by atoms with Crippen LogP contribution < -0.4 is 5.32 Å². The number of unbranched alkanes of at least 4 members (excludes halogenated alkanes) is 27. The predicted octanol–water partition coefficient (Wildman–Crippen LogP) is 16.2. The Labute approximate surface area is 390 Å². The summed E-state index contributed by atoms with van der Waals surface area (Å²) in [6, 6.07) is -0.718. The molecule has 0 bridgehead atoms. The zero-order valence-electron chi connectivity index (χ0n) is 41.4. The van der Waals surface area contributed by atoms with Gasteiger partial charge in [-0.2, -0.15) is 0 Å². The molecule has 0 heterocycles. The van der Waals surface area contributed by atoms with E-state index in [1.165, 1.54) is 122 Å². The highest BCUT2D eigenvalue weighted by Gasteiger charge is 2.24. The van der Waals surface area contributed by atoms with Crippen molar-refractivity contribution < 1.29 is 24.5 Å². The molecule has 63 heavy (non-hydrogen) atoms. The van der Waals surface area contributed by atoms with Crippen molar-refractivity contribution in [1.82, 2.24) is 5.32 Å². The summed E-state index contributed by atoms with van der Waals surface area (Å²) in [4.78, 5) is 26.2. The van der Waals surface area contributed by atoms with Gasteiger partial charge in [-0.05, 0) is 64.2 Å². The minimum atomic E-state index is -0.801. The zero-order chi connectivity index (χ0) is 45.9. The number of hydrogen-bond donors (Lipinski definition) is 3. The number of allylic oxidation sites excluding steroid dienone is 12. The van der Waals surface area contributed by atoms with E-state index in [0.29, 0.717) is 19.3 Å². The average molecular weight is 880 g/mol. The van der Waals surface area contributed by atoms with E-state index in [4.69, 9.17) is 4.74 Å².